The van der Waals surface area contributed by atoms with Crippen LogP contribution in [0.25, 0.3) is 21.8 Å². The minimum atomic E-state index is -1.31. The first kappa shape index (κ1) is 28.3. The molecular formula is C31H32N6O6. The lowest BCUT2D eigenvalue weighted by atomic mass is 10.0. The Labute approximate surface area is 246 Å². The van der Waals surface area contributed by atoms with E-state index in [1.54, 1.807) is 24.4 Å². The monoisotopic (exact) mass is 584 g/mol. The van der Waals surface area contributed by atoms with Crippen LogP contribution in [-0.4, -0.2) is 75.9 Å². The summed E-state index contributed by atoms with van der Waals surface area (Å²) in [4.78, 5) is 57.9. The van der Waals surface area contributed by atoms with Crippen molar-refractivity contribution in [2.45, 2.75) is 38.0 Å². The normalized spacial score (nSPS) is 18.3. The van der Waals surface area contributed by atoms with Crippen molar-refractivity contribution in [3.63, 3.8) is 0 Å². The number of imide groups is 1. The Bertz CT molecular complexity index is 1720. The Kier molecular flexibility index (Phi) is 8.03. The number of hydrogen-bond donors (Lipinski definition) is 5. The molecule has 2 aromatic heterocycles. The van der Waals surface area contributed by atoms with Gasteiger partial charge in [-0.05, 0) is 42.7 Å². The molecule has 2 aromatic carbocycles. The SMILES string of the molecule is O=C(CCc1ccc2c(c1)[nH]c1ccncc12)NCCOCCNc1cccc2c1C(O)N(C1CCC(=O)NC1=O)C2=O. The summed E-state index contributed by atoms with van der Waals surface area (Å²) in [5, 5.41) is 21.5. The van der Waals surface area contributed by atoms with E-state index in [-0.39, 0.29) is 24.7 Å². The van der Waals surface area contributed by atoms with Crippen molar-refractivity contribution < 1.29 is 29.0 Å². The minimum Gasteiger partial charge on any atom is -0.382 e. The van der Waals surface area contributed by atoms with Gasteiger partial charge < -0.3 is 25.5 Å². The van der Waals surface area contributed by atoms with Crippen LogP contribution in [0, 0.1) is 0 Å². The van der Waals surface area contributed by atoms with Gasteiger partial charge in [0.1, 0.15) is 6.04 Å². The number of nitrogens with zero attached hydrogens (tertiary/aromatic N) is 2. The number of aliphatic hydroxyl groups excluding tert-OH is 1. The zero-order chi connectivity index (χ0) is 29.9. The van der Waals surface area contributed by atoms with E-state index in [1.165, 1.54) is 0 Å². The first-order valence-corrected chi connectivity index (χ1v) is 14.3. The van der Waals surface area contributed by atoms with Crippen molar-refractivity contribution in [2.75, 3.05) is 31.6 Å². The number of anilines is 1. The molecule has 2 atom stereocenters. The second-order valence-corrected chi connectivity index (χ2v) is 10.6. The average Bonchev–Trinajstić information content (AvgIpc) is 3.50. The molecule has 4 amide bonds. The van der Waals surface area contributed by atoms with E-state index < -0.39 is 24.1 Å². The Morgan fingerprint density at radius 2 is 1.93 bits per heavy atom. The number of aryl methyl sites for hydroxylation is 1. The lowest BCUT2D eigenvalue weighted by Gasteiger charge is -2.32. The predicted molar refractivity (Wildman–Crippen MR) is 158 cm³/mol. The van der Waals surface area contributed by atoms with Crippen LogP contribution in [-0.2, 0) is 25.5 Å². The molecule has 222 valence electrons. The number of hydrogen-bond acceptors (Lipinski definition) is 8. The molecule has 4 aromatic rings. The van der Waals surface area contributed by atoms with Crippen LogP contribution < -0.4 is 16.0 Å². The fourth-order valence-corrected chi connectivity index (χ4v) is 5.75. The van der Waals surface area contributed by atoms with Crippen LogP contribution in [0.3, 0.4) is 0 Å². The highest BCUT2D eigenvalue weighted by Crippen LogP contribution is 2.39. The van der Waals surface area contributed by atoms with Crippen molar-refractivity contribution in [1.82, 2.24) is 25.5 Å². The number of aromatic nitrogens is 2. The average molecular weight is 585 g/mol. The second kappa shape index (κ2) is 12.2. The highest BCUT2D eigenvalue weighted by Gasteiger charge is 2.45. The molecule has 2 unspecified atom stereocenters. The number of aliphatic hydroxyl groups is 1. The molecule has 0 saturated carbocycles. The Morgan fingerprint density at radius 3 is 2.79 bits per heavy atom. The van der Waals surface area contributed by atoms with Gasteiger partial charge in [-0.15, -0.1) is 0 Å². The summed E-state index contributed by atoms with van der Waals surface area (Å²) in [7, 11) is 0. The van der Waals surface area contributed by atoms with Crippen LogP contribution in [0.2, 0.25) is 0 Å². The topological polar surface area (TPSA) is 166 Å². The van der Waals surface area contributed by atoms with Crippen molar-refractivity contribution in [1.29, 1.82) is 0 Å². The molecule has 43 heavy (non-hydrogen) atoms. The standard InChI is InChI=1S/C31H32N6O6/c38-26(8-5-18-4-6-19-21-17-32-11-10-22(21)35-24(19)16-18)34-13-15-43-14-12-33-23-3-1-2-20-28(23)31(42)37(30(20)41)25-7-9-27(39)36-29(25)40/h1-4,6,10-11,16-17,25,31,33,35,42H,5,7-9,12-15H2,(H,34,38)(H,36,39,40). The fraction of sp³-hybridized carbons (Fsp3) is 0.323. The van der Waals surface area contributed by atoms with Crippen LogP contribution in [0.1, 0.15) is 47.0 Å². The predicted octanol–water partition coefficient (Wildman–Crippen LogP) is 2.15. The van der Waals surface area contributed by atoms with Gasteiger partial charge in [0.25, 0.3) is 5.91 Å². The molecular weight excluding hydrogens is 552 g/mol. The van der Waals surface area contributed by atoms with Crippen molar-refractivity contribution >= 4 is 51.1 Å². The van der Waals surface area contributed by atoms with Crippen molar-refractivity contribution in [3.05, 3.63) is 71.5 Å². The molecule has 0 aliphatic carbocycles. The number of aromatic amines is 1. The van der Waals surface area contributed by atoms with E-state index in [9.17, 15) is 24.3 Å². The van der Waals surface area contributed by atoms with E-state index in [1.807, 2.05) is 18.3 Å². The number of benzene rings is 2. The zero-order valence-electron chi connectivity index (χ0n) is 23.4. The summed E-state index contributed by atoms with van der Waals surface area (Å²) in [5.41, 5.74) is 4.40. The summed E-state index contributed by atoms with van der Waals surface area (Å²) in [6.07, 6.45) is 3.54. The van der Waals surface area contributed by atoms with Gasteiger partial charge in [0.2, 0.25) is 17.7 Å². The lowest BCUT2D eigenvalue weighted by molar-refractivity contribution is -0.139. The van der Waals surface area contributed by atoms with E-state index >= 15 is 0 Å². The minimum absolute atomic E-state index is 0.0539. The van der Waals surface area contributed by atoms with E-state index in [4.69, 9.17) is 4.74 Å². The van der Waals surface area contributed by atoms with Gasteiger partial charge in [-0.2, -0.15) is 0 Å². The number of piperidine rings is 1. The van der Waals surface area contributed by atoms with E-state index in [0.717, 1.165) is 32.3 Å². The van der Waals surface area contributed by atoms with Gasteiger partial charge in [-0.3, -0.25) is 34.4 Å². The van der Waals surface area contributed by atoms with E-state index in [0.29, 0.717) is 56.0 Å². The summed E-state index contributed by atoms with van der Waals surface area (Å²) >= 11 is 0. The molecule has 5 N–H and O–H groups in total. The van der Waals surface area contributed by atoms with Crippen LogP contribution in [0.5, 0.6) is 0 Å². The molecule has 0 bridgehead atoms. The number of carbonyl (C=O) groups is 4. The van der Waals surface area contributed by atoms with Gasteiger partial charge in [0.15, 0.2) is 6.23 Å². The maximum atomic E-state index is 13.0. The molecule has 1 saturated heterocycles. The smallest absolute Gasteiger partial charge is 0.257 e. The van der Waals surface area contributed by atoms with Crippen LogP contribution >= 0.6 is 0 Å². The van der Waals surface area contributed by atoms with Crippen LogP contribution in [0.15, 0.2) is 54.9 Å². The van der Waals surface area contributed by atoms with Gasteiger partial charge in [-0.25, -0.2) is 0 Å². The zero-order valence-corrected chi connectivity index (χ0v) is 23.4. The van der Waals surface area contributed by atoms with Gasteiger partial charge in [0, 0.05) is 76.9 Å². The van der Waals surface area contributed by atoms with Crippen LogP contribution in [0.4, 0.5) is 5.69 Å². The number of H-pyrrole nitrogens is 1. The molecule has 0 spiro atoms. The number of ether oxygens (including phenoxy) is 1. The Hall–Kier alpha value is -4.81. The first-order valence-electron chi connectivity index (χ1n) is 14.3. The molecule has 12 nitrogen and oxygen atoms in total. The third-order valence-electron chi connectivity index (χ3n) is 7.87. The molecule has 12 heteroatoms. The summed E-state index contributed by atoms with van der Waals surface area (Å²) < 4.78 is 5.64. The van der Waals surface area contributed by atoms with Gasteiger partial charge in [0.05, 0.1) is 13.2 Å². The number of amides is 4. The number of fused-ring (bicyclic) bond motifs is 4. The maximum absolute atomic E-state index is 13.0. The quantitative estimate of drug-likeness (QED) is 0.132. The number of carbonyl (C=O) groups excluding carboxylic acids is 4. The fourth-order valence-electron chi connectivity index (χ4n) is 5.75. The largest absolute Gasteiger partial charge is 0.382 e. The Balaban J connectivity index is 0.920. The summed E-state index contributed by atoms with van der Waals surface area (Å²) in [6.45, 7) is 1.44. The molecule has 0 radical (unpaired) electrons. The van der Waals surface area contributed by atoms with Gasteiger partial charge in [-0.1, -0.05) is 18.2 Å². The highest BCUT2D eigenvalue weighted by molar-refractivity contribution is 6.07. The lowest BCUT2D eigenvalue weighted by Crippen LogP contribution is -2.53. The summed E-state index contributed by atoms with van der Waals surface area (Å²) in [6, 6.07) is 12.2. The van der Waals surface area contributed by atoms with E-state index in [2.05, 4.69) is 38.1 Å². The Morgan fingerprint density at radius 1 is 1.07 bits per heavy atom. The summed E-state index contributed by atoms with van der Waals surface area (Å²) in [5.74, 6) is -1.49. The molecule has 2 aliphatic heterocycles. The van der Waals surface area contributed by atoms with Crippen molar-refractivity contribution in [2.24, 2.45) is 0 Å². The second-order valence-electron chi connectivity index (χ2n) is 10.6. The highest BCUT2D eigenvalue weighted by atomic mass is 16.5. The molecule has 2 aliphatic rings. The first-order chi connectivity index (χ1) is 20.9. The number of rotatable bonds is 11. The maximum Gasteiger partial charge on any atom is 0.257 e. The molecule has 6 rings (SSSR count). The number of nitrogens with one attached hydrogen (secondary N) is 4. The number of pyridine rings is 1. The van der Waals surface area contributed by atoms with Gasteiger partial charge >= 0.3 is 0 Å². The molecule has 1 fully saturated rings. The third-order valence-corrected chi connectivity index (χ3v) is 7.87. The third kappa shape index (κ3) is 5.79. The molecule has 4 heterocycles. The van der Waals surface area contributed by atoms with Crippen molar-refractivity contribution in [3.8, 4) is 0 Å².